The van der Waals surface area contributed by atoms with Crippen LogP contribution >= 0.6 is 0 Å². The van der Waals surface area contributed by atoms with Crippen LogP contribution in [0.4, 0.5) is 0 Å². The van der Waals surface area contributed by atoms with Crippen LogP contribution in [-0.4, -0.2) is 24.8 Å². The Kier molecular flexibility index (Phi) is 2.02. The highest BCUT2D eigenvalue weighted by Gasteiger charge is 2.24. The first-order valence-electron chi connectivity index (χ1n) is 3.96. The molecule has 1 aromatic heterocycles. The maximum absolute atomic E-state index is 11.1. The van der Waals surface area contributed by atoms with Crippen LogP contribution in [0.1, 0.15) is 21.8 Å². The second-order valence-electron chi connectivity index (χ2n) is 2.73. The predicted molar refractivity (Wildman–Crippen MR) is 41.2 cm³/mol. The lowest BCUT2D eigenvalue weighted by atomic mass is 10.1. The molecular formula is C8H9NO4. The highest BCUT2D eigenvalue weighted by Crippen LogP contribution is 2.20. The first-order chi connectivity index (χ1) is 6.33. The quantitative estimate of drug-likeness (QED) is 0.594. The number of carbonyl (C=O) groups is 1. The van der Waals surface area contributed by atoms with E-state index in [0.29, 0.717) is 19.6 Å². The van der Waals surface area contributed by atoms with Crippen LogP contribution in [0.2, 0.25) is 0 Å². The van der Waals surface area contributed by atoms with E-state index in [1.54, 1.807) is 0 Å². The number of carbonyl (C=O) groups excluding carboxylic acids is 1. The molecule has 0 saturated heterocycles. The van der Waals surface area contributed by atoms with Crippen LogP contribution in [0.25, 0.3) is 0 Å². The Bertz CT molecular complexity index is 331. The third-order valence-electron chi connectivity index (χ3n) is 1.97. The summed E-state index contributed by atoms with van der Waals surface area (Å²) in [5.74, 6) is 0.252. The molecule has 0 unspecified atom stereocenters. The van der Waals surface area contributed by atoms with Gasteiger partial charge < -0.3 is 14.0 Å². The van der Waals surface area contributed by atoms with Crippen molar-refractivity contribution < 1.29 is 18.8 Å². The molecule has 0 amide bonds. The summed E-state index contributed by atoms with van der Waals surface area (Å²) < 4.78 is 14.7. The fourth-order valence-corrected chi connectivity index (χ4v) is 1.28. The smallest absolute Gasteiger partial charge is 0.360 e. The van der Waals surface area contributed by atoms with E-state index in [4.69, 9.17) is 9.26 Å². The number of esters is 1. The summed E-state index contributed by atoms with van der Waals surface area (Å²) in [6.07, 6.45) is 0.666. The second-order valence-corrected chi connectivity index (χ2v) is 2.73. The highest BCUT2D eigenvalue weighted by atomic mass is 16.5. The highest BCUT2D eigenvalue weighted by molar-refractivity contribution is 5.88. The molecular weight excluding hydrogens is 174 g/mol. The molecule has 0 spiro atoms. The standard InChI is InChI=1S/C8H9NO4/c1-11-8(10)7-5-4-12-3-2-6(5)13-9-7/h2-4H2,1H3. The fourth-order valence-electron chi connectivity index (χ4n) is 1.28. The zero-order valence-electron chi connectivity index (χ0n) is 7.20. The van der Waals surface area contributed by atoms with Crippen LogP contribution in [0.15, 0.2) is 4.52 Å². The van der Waals surface area contributed by atoms with Crippen LogP contribution in [0, 0.1) is 0 Å². The fraction of sp³-hybridized carbons (Fsp3) is 0.500. The van der Waals surface area contributed by atoms with E-state index < -0.39 is 5.97 Å². The van der Waals surface area contributed by atoms with Crippen molar-refractivity contribution in [2.45, 2.75) is 13.0 Å². The van der Waals surface area contributed by atoms with E-state index in [9.17, 15) is 4.79 Å². The van der Waals surface area contributed by atoms with Crippen LogP contribution in [0.5, 0.6) is 0 Å². The maximum Gasteiger partial charge on any atom is 0.360 e. The third kappa shape index (κ3) is 1.31. The molecule has 0 radical (unpaired) electrons. The summed E-state index contributed by atoms with van der Waals surface area (Å²) >= 11 is 0. The number of hydrogen-bond acceptors (Lipinski definition) is 5. The van der Waals surface area contributed by atoms with E-state index in [1.165, 1.54) is 7.11 Å². The van der Waals surface area contributed by atoms with Gasteiger partial charge in [-0.15, -0.1) is 0 Å². The van der Waals surface area contributed by atoms with Gasteiger partial charge in [0, 0.05) is 6.42 Å². The Morgan fingerprint density at radius 1 is 1.62 bits per heavy atom. The molecule has 1 aliphatic rings. The summed E-state index contributed by atoms with van der Waals surface area (Å²) in [4.78, 5) is 11.1. The van der Waals surface area contributed by atoms with Crippen molar-refractivity contribution in [3.8, 4) is 0 Å². The third-order valence-corrected chi connectivity index (χ3v) is 1.97. The molecule has 1 aromatic rings. The van der Waals surface area contributed by atoms with Gasteiger partial charge >= 0.3 is 5.97 Å². The Morgan fingerprint density at radius 2 is 2.46 bits per heavy atom. The summed E-state index contributed by atoms with van der Waals surface area (Å²) in [5.41, 5.74) is 0.954. The van der Waals surface area contributed by atoms with Gasteiger partial charge in [0.05, 0.1) is 25.9 Å². The van der Waals surface area contributed by atoms with Crippen LogP contribution in [-0.2, 0) is 22.5 Å². The van der Waals surface area contributed by atoms with E-state index >= 15 is 0 Å². The molecule has 70 valence electrons. The number of methoxy groups -OCH3 is 1. The van der Waals surface area contributed by atoms with Crippen molar-refractivity contribution in [2.75, 3.05) is 13.7 Å². The molecule has 13 heavy (non-hydrogen) atoms. The lowest BCUT2D eigenvalue weighted by Crippen LogP contribution is -2.12. The van der Waals surface area contributed by atoms with E-state index in [0.717, 1.165) is 11.3 Å². The van der Waals surface area contributed by atoms with E-state index in [1.807, 2.05) is 0 Å². The lowest BCUT2D eigenvalue weighted by molar-refractivity contribution is 0.0581. The Labute approximate surface area is 74.6 Å². The van der Waals surface area contributed by atoms with Gasteiger partial charge in [0.2, 0.25) is 0 Å². The first kappa shape index (κ1) is 8.25. The second kappa shape index (κ2) is 3.18. The number of ether oxygens (including phenoxy) is 2. The molecule has 0 N–H and O–H groups in total. The molecule has 0 atom stereocenters. The van der Waals surface area contributed by atoms with Gasteiger partial charge in [0.1, 0.15) is 5.76 Å². The van der Waals surface area contributed by atoms with Gasteiger partial charge in [-0.05, 0) is 0 Å². The molecule has 0 aromatic carbocycles. The lowest BCUT2D eigenvalue weighted by Gasteiger charge is -2.09. The zero-order chi connectivity index (χ0) is 9.26. The maximum atomic E-state index is 11.1. The van der Waals surface area contributed by atoms with E-state index in [2.05, 4.69) is 9.89 Å². The van der Waals surface area contributed by atoms with Gasteiger partial charge in [0.25, 0.3) is 0 Å². The molecule has 0 aliphatic carbocycles. The van der Waals surface area contributed by atoms with Gasteiger partial charge in [-0.1, -0.05) is 5.16 Å². The monoisotopic (exact) mass is 183 g/mol. The van der Waals surface area contributed by atoms with Crippen molar-refractivity contribution >= 4 is 5.97 Å². The van der Waals surface area contributed by atoms with Crippen molar-refractivity contribution in [1.29, 1.82) is 0 Å². The minimum Gasteiger partial charge on any atom is -0.464 e. The first-order valence-corrected chi connectivity index (χ1v) is 3.96. The van der Waals surface area contributed by atoms with Gasteiger partial charge in [-0.25, -0.2) is 4.79 Å². The molecule has 0 bridgehead atoms. The van der Waals surface area contributed by atoms with Crippen LogP contribution in [0.3, 0.4) is 0 Å². The molecule has 5 nitrogen and oxygen atoms in total. The Morgan fingerprint density at radius 3 is 3.23 bits per heavy atom. The molecule has 1 aliphatic heterocycles. The number of rotatable bonds is 1. The van der Waals surface area contributed by atoms with Crippen molar-refractivity contribution in [1.82, 2.24) is 5.16 Å². The predicted octanol–water partition coefficient (Wildman–Crippen LogP) is 0.534. The molecule has 0 fully saturated rings. The normalized spacial score (nSPS) is 15.2. The van der Waals surface area contributed by atoms with Crippen molar-refractivity contribution in [3.05, 3.63) is 17.0 Å². The summed E-state index contributed by atoms with van der Waals surface area (Å²) in [6.45, 7) is 0.992. The largest absolute Gasteiger partial charge is 0.464 e. The topological polar surface area (TPSA) is 61.6 Å². The van der Waals surface area contributed by atoms with Crippen molar-refractivity contribution in [2.24, 2.45) is 0 Å². The number of fused-ring (bicyclic) bond motifs is 1. The van der Waals surface area contributed by atoms with Crippen LogP contribution < -0.4 is 0 Å². The minimum absolute atomic E-state index is 0.234. The van der Waals surface area contributed by atoms with Gasteiger partial charge in [0.15, 0.2) is 5.69 Å². The number of aromatic nitrogens is 1. The number of hydrogen-bond donors (Lipinski definition) is 0. The van der Waals surface area contributed by atoms with E-state index in [-0.39, 0.29) is 5.69 Å². The molecule has 2 rings (SSSR count). The SMILES string of the molecule is COC(=O)c1noc2c1COCC2. The van der Waals surface area contributed by atoms with Gasteiger partial charge in [-0.2, -0.15) is 0 Å². The summed E-state index contributed by atoms with van der Waals surface area (Å²) in [5, 5.41) is 3.64. The average Bonchev–Trinajstić information content (AvgIpc) is 2.60. The average molecular weight is 183 g/mol. The number of nitrogens with zero attached hydrogens (tertiary/aromatic N) is 1. The zero-order valence-corrected chi connectivity index (χ0v) is 7.20. The minimum atomic E-state index is -0.476. The Hall–Kier alpha value is -1.36. The molecule has 5 heteroatoms. The summed E-state index contributed by atoms with van der Waals surface area (Å²) in [6, 6.07) is 0. The summed E-state index contributed by atoms with van der Waals surface area (Å²) in [7, 11) is 1.31. The van der Waals surface area contributed by atoms with Crippen molar-refractivity contribution in [3.63, 3.8) is 0 Å². The van der Waals surface area contributed by atoms with Gasteiger partial charge in [-0.3, -0.25) is 0 Å². The molecule has 0 saturated carbocycles. The molecule has 2 heterocycles. The Balaban J connectivity index is 2.36.